The van der Waals surface area contributed by atoms with Gasteiger partial charge in [0, 0.05) is 12.3 Å². The first-order valence-electron chi connectivity index (χ1n) is 6.33. The predicted molar refractivity (Wildman–Crippen MR) is 63.5 cm³/mol. The summed E-state index contributed by atoms with van der Waals surface area (Å²) in [7, 11) is 0. The highest BCUT2D eigenvalue weighted by atomic mass is 16.3. The predicted octanol–water partition coefficient (Wildman–Crippen LogP) is 3.85. The lowest BCUT2D eigenvalue weighted by Crippen LogP contribution is -2.21. The zero-order chi connectivity index (χ0) is 11.5. The van der Waals surface area contributed by atoms with Crippen LogP contribution in [0.2, 0.25) is 0 Å². The van der Waals surface area contributed by atoms with Gasteiger partial charge in [-0.2, -0.15) is 0 Å². The second-order valence-corrected chi connectivity index (χ2v) is 4.93. The van der Waals surface area contributed by atoms with Crippen molar-refractivity contribution in [2.24, 2.45) is 11.8 Å². The summed E-state index contributed by atoms with van der Waals surface area (Å²) in [6, 6.07) is 1.83. The van der Waals surface area contributed by atoms with Gasteiger partial charge in [-0.05, 0) is 24.8 Å². The smallest absolute Gasteiger partial charge is 0.169 e. The largest absolute Gasteiger partial charge is 0.469 e. The molecule has 1 aliphatic carbocycles. The molecule has 2 heteroatoms. The van der Waals surface area contributed by atoms with E-state index in [1.54, 1.807) is 6.26 Å². The van der Waals surface area contributed by atoms with Crippen molar-refractivity contribution in [2.75, 3.05) is 0 Å². The highest BCUT2D eigenvalue weighted by Gasteiger charge is 2.27. The van der Waals surface area contributed by atoms with Crippen molar-refractivity contribution in [3.8, 4) is 0 Å². The number of aryl methyl sites for hydroxylation is 1. The Hall–Kier alpha value is -1.05. The highest BCUT2D eigenvalue weighted by molar-refractivity contribution is 5.98. The zero-order valence-corrected chi connectivity index (χ0v) is 10.2. The van der Waals surface area contributed by atoms with Crippen LogP contribution >= 0.6 is 0 Å². The third-order valence-electron chi connectivity index (χ3n) is 3.72. The monoisotopic (exact) mass is 220 g/mol. The molecule has 0 radical (unpaired) electrons. The minimum absolute atomic E-state index is 0.235. The van der Waals surface area contributed by atoms with E-state index in [2.05, 4.69) is 6.92 Å². The summed E-state index contributed by atoms with van der Waals surface area (Å²) in [6.07, 6.45) is 6.92. The molecule has 0 N–H and O–H groups in total. The van der Waals surface area contributed by atoms with Crippen LogP contribution in [-0.2, 0) is 6.42 Å². The van der Waals surface area contributed by atoms with Gasteiger partial charge in [-0.1, -0.05) is 26.7 Å². The van der Waals surface area contributed by atoms with Crippen molar-refractivity contribution in [1.82, 2.24) is 0 Å². The summed E-state index contributed by atoms with van der Waals surface area (Å²) in [5.74, 6) is 2.18. The molecule has 0 amide bonds. The maximum atomic E-state index is 12.3. The summed E-state index contributed by atoms with van der Waals surface area (Å²) in [5.41, 5.74) is 0.821. The molecule has 2 rings (SSSR count). The first kappa shape index (κ1) is 11.4. The molecule has 1 aliphatic rings. The fourth-order valence-electron chi connectivity index (χ4n) is 2.58. The Kier molecular flexibility index (Phi) is 3.47. The average molecular weight is 220 g/mol. The van der Waals surface area contributed by atoms with E-state index >= 15 is 0 Å². The van der Waals surface area contributed by atoms with Crippen molar-refractivity contribution >= 4 is 5.78 Å². The average Bonchev–Trinajstić information content (AvgIpc) is 2.77. The van der Waals surface area contributed by atoms with Gasteiger partial charge in [0.05, 0.1) is 11.8 Å². The van der Waals surface area contributed by atoms with Crippen LogP contribution in [0.1, 0.15) is 55.6 Å². The summed E-state index contributed by atoms with van der Waals surface area (Å²) >= 11 is 0. The number of hydrogen-bond donors (Lipinski definition) is 0. The van der Waals surface area contributed by atoms with E-state index in [-0.39, 0.29) is 5.92 Å². The first-order chi connectivity index (χ1) is 7.72. The Labute approximate surface area is 97.0 Å². The molecule has 0 atom stereocenters. The maximum Gasteiger partial charge on any atom is 0.169 e. The number of furan rings is 1. The maximum absolute atomic E-state index is 12.3. The first-order valence-corrected chi connectivity index (χ1v) is 6.33. The van der Waals surface area contributed by atoms with Crippen molar-refractivity contribution < 1.29 is 9.21 Å². The molecule has 16 heavy (non-hydrogen) atoms. The third-order valence-corrected chi connectivity index (χ3v) is 3.72. The van der Waals surface area contributed by atoms with Gasteiger partial charge in [0.1, 0.15) is 5.76 Å². The lowest BCUT2D eigenvalue weighted by atomic mass is 9.79. The molecular weight excluding hydrogens is 200 g/mol. The number of carbonyl (C=O) groups is 1. The van der Waals surface area contributed by atoms with Crippen LogP contribution < -0.4 is 0 Å². The van der Waals surface area contributed by atoms with Gasteiger partial charge in [-0.15, -0.1) is 0 Å². The highest BCUT2D eigenvalue weighted by Crippen LogP contribution is 2.31. The summed E-state index contributed by atoms with van der Waals surface area (Å²) in [6.45, 7) is 4.30. The van der Waals surface area contributed by atoms with Crippen LogP contribution in [0.4, 0.5) is 0 Å². The third kappa shape index (κ3) is 2.21. The van der Waals surface area contributed by atoms with Gasteiger partial charge in [-0.3, -0.25) is 4.79 Å². The topological polar surface area (TPSA) is 30.2 Å². The van der Waals surface area contributed by atoms with Crippen molar-refractivity contribution in [1.29, 1.82) is 0 Å². The lowest BCUT2D eigenvalue weighted by Gasteiger charge is -2.24. The Balaban J connectivity index is 2.07. The van der Waals surface area contributed by atoms with Crippen LogP contribution in [0.25, 0.3) is 0 Å². The number of hydrogen-bond acceptors (Lipinski definition) is 2. The minimum Gasteiger partial charge on any atom is -0.469 e. The molecule has 1 fully saturated rings. The van der Waals surface area contributed by atoms with E-state index in [1.807, 2.05) is 13.0 Å². The minimum atomic E-state index is 0.235. The van der Waals surface area contributed by atoms with E-state index in [0.717, 1.165) is 36.5 Å². The van der Waals surface area contributed by atoms with Gasteiger partial charge >= 0.3 is 0 Å². The Morgan fingerprint density at radius 3 is 2.69 bits per heavy atom. The van der Waals surface area contributed by atoms with Gasteiger partial charge < -0.3 is 4.42 Å². The fraction of sp³-hybridized carbons (Fsp3) is 0.643. The number of rotatable bonds is 3. The molecule has 2 nitrogen and oxygen atoms in total. The molecule has 1 aromatic heterocycles. The van der Waals surface area contributed by atoms with Crippen molar-refractivity contribution in [3.05, 3.63) is 23.7 Å². The molecule has 0 aliphatic heterocycles. The standard InChI is InChI=1S/C14H20O2/c1-3-13-12(8-9-16-13)14(15)11-6-4-10(2)5-7-11/h8-11H,3-7H2,1-2H3. The molecule has 88 valence electrons. The van der Waals surface area contributed by atoms with E-state index < -0.39 is 0 Å². The molecular formula is C14H20O2. The van der Waals surface area contributed by atoms with Crippen LogP contribution in [0.3, 0.4) is 0 Å². The molecule has 0 spiro atoms. The Bertz CT molecular complexity index is 357. The number of carbonyl (C=O) groups excluding carboxylic acids is 1. The fourth-order valence-corrected chi connectivity index (χ4v) is 2.58. The van der Waals surface area contributed by atoms with Crippen LogP contribution in [0, 0.1) is 11.8 Å². The van der Waals surface area contributed by atoms with E-state index in [0.29, 0.717) is 5.78 Å². The van der Waals surface area contributed by atoms with Crippen molar-refractivity contribution in [2.45, 2.75) is 46.0 Å². The van der Waals surface area contributed by atoms with Gasteiger partial charge in [0.25, 0.3) is 0 Å². The molecule has 0 bridgehead atoms. The normalized spacial score (nSPS) is 25.6. The summed E-state index contributed by atoms with van der Waals surface area (Å²) < 4.78 is 5.33. The van der Waals surface area contributed by atoms with E-state index in [9.17, 15) is 4.79 Å². The summed E-state index contributed by atoms with van der Waals surface area (Å²) in [4.78, 5) is 12.3. The second kappa shape index (κ2) is 4.86. The second-order valence-electron chi connectivity index (χ2n) is 4.93. The molecule has 0 aromatic carbocycles. The van der Waals surface area contributed by atoms with Gasteiger partial charge in [0.2, 0.25) is 0 Å². The van der Waals surface area contributed by atoms with Crippen molar-refractivity contribution in [3.63, 3.8) is 0 Å². The van der Waals surface area contributed by atoms with Crippen LogP contribution in [-0.4, -0.2) is 5.78 Å². The van der Waals surface area contributed by atoms with Crippen LogP contribution in [0.5, 0.6) is 0 Å². The Morgan fingerprint density at radius 1 is 1.38 bits per heavy atom. The van der Waals surface area contributed by atoms with Gasteiger partial charge in [-0.25, -0.2) is 0 Å². The zero-order valence-electron chi connectivity index (χ0n) is 10.2. The molecule has 1 aromatic rings. The summed E-state index contributed by atoms with van der Waals surface area (Å²) in [5, 5.41) is 0. The molecule has 1 saturated carbocycles. The van der Waals surface area contributed by atoms with E-state index in [4.69, 9.17) is 4.42 Å². The molecule has 0 saturated heterocycles. The number of ketones is 1. The molecule has 0 unspecified atom stereocenters. The SMILES string of the molecule is CCc1occc1C(=O)C1CCC(C)CC1. The van der Waals surface area contributed by atoms with Crippen LogP contribution in [0.15, 0.2) is 16.7 Å². The lowest BCUT2D eigenvalue weighted by molar-refractivity contribution is 0.0873. The number of Topliss-reactive ketones (excluding diaryl/α,β-unsaturated/α-hetero) is 1. The van der Waals surface area contributed by atoms with Gasteiger partial charge in [0.15, 0.2) is 5.78 Å². The quantitative estimate of drug-likeness (QED) is 0.724. The van der Waals surface area contributed by atoms with E-state index in [1.165, 1.54) is 12.8 Å². The molecule has 1 heterocycles. The Morgan fingerprint density at radius 2 is 2.06 bits per heavy atom.